The molecule has 2 heterocycles. The summed E-state index contributed by atoms with van der Waals surface area (Å²) in [6, 6.07) is 0. The summed E-state index contributed by atoms with van der Waals surface area (Å²) >= 11 is 0. The van der Waals surface area contributed by atoms with Crippen molar-refractivity contribution in [2.45, 2.75) is 32.7 Å². The molecule has 0 amide bonds. The van der Waals surface area contributed by atoms with Crippen molar-refractivity contribution in [3.63, 3.8) is 0 Å². The van der Waals surface area contributed by atoms with Gasteiger partial charge in [-0.2, -0.15) is 0 Å². The molecule has 2 rings (SSSR count). The Hall–Kier alpha value is -1.16. The van der Waals surface area contributed by atoms with Gasteiger partial charge in [-0.1, -0.05) is 6.92 Å². The van der Waals surface area contributed by atoms with Gasteiger partial charge >= 0.3 is 0 Å². The van der Waals surface area contributed by atoms with Gasteiger partial charge in [0.05, 0.1) is 6.42 Å². The number of hydrogen-bond donors (Lipinski definition) is 1. The second-order valence-corrected chi connectivity index (χ2v) is 4.37. The van der Waals surface area contributed by atoms with Crippen molar-refractivity contribution in [2.75, 3.05) is 13.1 Å². The zero-order valence-corrected chi connectivity index (χ0v) is 9.78. The second kappa shape index (κ2) is 5.25. The van der Waals surface area contributed by atoms with Crippen LogP contribution in [0.2, 0.25) is 0 Å². The number of nitrogens with one attached hydrogen (secondary N) is 1. The summed E-state index contributed by atoms with van der Waals surface area (Å²) < 4.78 is 2.08. The van der Waals surface area contributed by atoms with Gasteiger partial charge in [0, 0.05) is 31.4 Å². The number of carbonyl (C=O) groups is 1. The summed E-state index contributed by atoms with van der Waals surface area (Å²) in [5.74, 6) is 1.44. The minimum absolute atomic E-state index is 0.201. The molecule has 4 heteroatoms. The van der Waals surface area contributed by atoms with Gasteiger partial charge in [0.2, 0.25) is 0 Å². The van der Waals surface area contributed by atoms with E-state index in [4.69, 9.17) is 0 Å². The Bertz CT molecular complexity index is 353. The Morgan fingerprint density at radius 2 is 2.56 bits per heavy atom. The third kappa shape index (κ3) is 2.50. The zero-order chi connectivity index (χ0) is 11.4. The van der Waals surface area contributed by atoms with Crippen LogP contribution >= 0.6 is 0 Å². The van der Waals surface area contributed by atoms with Gasteiger partial charge in [0.1, 0.15) is 11.6 Å². The van der Waals surface area contributed by atoms with E-state index < -0.39 is 0 Å². The van der Waals surface area contributed by atoms with Gasteiger partial charge in [0.15, 0.2) is 0 Å². The van der Waals surface area contributed by atoms with Crippen molar-refractivity contribution < 1.29 is 4.79 Å². The van der Waals surface area contributed by atoms with Gasteiger partial charge < -0.3 is 9.88 Å². The average Bonchev–Trinajstić information content (AvgIpc) is 2.90. The van der Waals surface area contributed by atoms with Gasteiger partial charge in [-0.25, -0.2) is 4.98 Å². The van der Waals surface area contributed by atoms with E-state index in [1.54, 1.807) is 6.20 Å². The molecular formula is C12H19N3O. The monoisotopic (exact) mass is 221 g/mol. The van der Waals surface area contributed by atoms with Gasteiger partial charge in [-0.3, -0.25) is 4.79 Å². The SMILES string of the molecule is CCCn1ccnc1CC(=O)C1CCNC1. The zero-order valence-electron chi connectivity index (χ0n) is 9.78. The van der Waals surface area contributed by atoms with Crippen molar-refractivity contribution in [2.24, 2.45) is 5.92 Å². The van der Waals surface area contributed by atoms with Crippen LogP contribution < -0.4 is 5.32 Å². The number of Topliss-reactive ketones (excluding diaryl/α,β-unsaturated/α-hetero) is 1. The number of aromatic nitrogens is 2. The van der Waals surface area contributed by atoms with Crippen LogP contribution in [-0.2, 0) is 17.8 Å². The Morgan fingerprint density at radius 3 is 3.25 bits per heavy atom. The van der Waals surface area contributed by atoms with E-state index >= 15 is 0 Å². The van der Waals surface area contributed by atoms with Crippen molar-refractivity contribution in [1.29, 1.82) is 0 Å². The van der Waals surface area contributed by atoms with E-state index in [0.717, 1.165) is 38.3 Å². The highest BCUT2D eigenvalue weighted by molar-refractivity contribution is 5.83. The molecule has 0 aliphatic carbocycles. The largest absolute Gasteiger partial charge is 0.335 e. The quantitative estimate of drug-likeness (QED) is 0.807. The molecule has 1 N–H and O–H groups in total. The first kappa shape index (κ1) is 11.3. The molecule has 1 fully saturated rings. The first-order valence-electron chi connectivity index (χ1n) is 6.04. The van der Waals surface area contributed by atoms with Crippen LogP contribution in [0.5, 0.6) is 0 Å². The predicted octanol–water partition coefficient (Wildman–Crippen LogP) is 1.01. The minimum atomic E-state index is 0.201. The third-order valence-corrected chi connectivity index (χ3v) is 3.11. The van der Waals surface area contributed by atoms with Crippen LogP contribution in [0.4, 0.5) is 0 Å². The molecule has 4 nitrogen and oxygen atoms in total. The van der Waals surface area contributed by atoms with Crippen molar-refractivity contribution in [3.05, 3.63) is 18.2 Å². The van der Waals surface area contributed by atoms with Crippen LogP contribution in [0.1, 0.15) is 25.6 Å². The standard InChI is InChI=1S/C12H19N3O/c1-2-6-15-7-5-14-12(15)8-11(16)10-3-4-13-9-10/h5,7,10,13H,2-4,6,8-9H2,1H3. The lowest BCUT2D eigenvalue weighted by atomic mass is 10.0. The normalized spacial score (nSPS) is 20.2. The van der Waals surface area contributed by atoms with E-state index in [1.807, 2.05) is 6.20 Å². The number of hydrogen-bond acceptors (Lipinski definition) is 3. The van der Waals surface area contributed by atoms with Crippen LogP contribution in [0.15, 0.2) is 12.4 Å². The Morgan fingerprint density at radius 1 is 1.69 bits per heavy atom. The molecule has 0 spiro atoms. The molecule has 1 aromatic rings. The maximum absolute atomic E-state index is 12.0. The Balaban J connectivity index is 1.96. The van der Waals surface area contributed by atoms with Crippen LogP contribution in [0.25, 0.3) is 0 Å². The lowest BCUT2D eigenvalue weighted by molar-refractivity contribution is -0.121. The highest BCUT2D eigenvalue weighted by Gasteiger charge is 2.23. The fraction of sp³-hybridized carbons (Fsp3) is 0.667. The average molecular weight is 221 g/mol. The predicted molar refractivity (Wildman–Crippen MR) is 62.2 cm³/mol. The summed E-state index contributed by atoms with van der Waals surface area (Å²) in [4.78, 5) is 16.2. The first-order valence-corrected chi connectivity index (χ1v) is 6.04. The fourth-order valence-corrected chi connectivity index (χ4v) is 2.18. The van der Waals surface area contributed by atoms with E-state index in [0.29, 0.717) is 12.2 Å². The first-order chi connectivity index (χ1) is 7.81. The summed E-state index contributed by atoms with van der Waals surface area (Å²) in [5.41, 5.74) is 0. The van der Waals surface area contributed by atoms with Crippen LogP contribution in [0, 0.1) is 5.92 Å². The molecule has 1 saturated heterocycles. The topological polar surface area (TPSA) is 46.9 Å². The summed E-state index contributed by atoms with van der Waals surface area (Å²) in [5, 5.41) is 3.22. The van der Waals surface area contributed by atoms with Gasteiger partial charge in [0.25, 0.3) is 0 Å². The molecular weight excluding hydrogens is 202 g/mol. The molecule has 1 atom stereocenters. The van der Waals surface area contributed by atoms with Crippen LogP contribution in [-0.4, -0.2) is 28.4 Å². The molecule has 1 aromatic heterocycles. The van der Waals surface area contributed by atoms with Gasteiger partial charge in [-0.15, -0.1) is 0 Å². The number of rotatable bonds is 5. The van der Waals surface area contributed by atoms with E-state index in [9.17, 15) is 4.79 Å². The number of ketones is 1. The van der Waals surface area contributed by atoms with E-state index in [2.05, 4.69) is 21.8 Å². The van der Waals surface area contributed by atoms with Gasteiger partial charge in [-0.05, 0) is 19.4 Å². The summed E-state index contributed by atoms with van der Waals surface area (Å²) in [6.07, 6.45) is 6.28. The molecule has 1 aliphatic heterocycles. The highest BCUT2D eigenvalue weighted by Crippen LogP contribution is 2.12. The molecule has 0 saturated carbocycles. The Kier molecular flexibility index (Phi) is 3.72. The number of nitrogens with zero attached hydrogens (tertiary/aromatic N) is 2. The van der Waals surface area contributed by atoms with E-state index in [-0.39, 0.29) is 5.92 Å². The summed E-state index contributed by atoms with van der Waals surface area (Å²) in [7, 11) is 0. The fourth-order valence-electron chi connectivity index (χ4n) is 2.18. The maximum atomic E-state index is 12.0. The highest BCUT2D eigenvalue weighted by atomic mass is 16.1. The molecule has 0 aromatic carbocycles. The molecule has 0 radical (unpaired) electrons. The van der Waals surface area contributed by atoms with Crippen molar-refractivity contribution >= 4 is 5.78 Å². The molecule has 0 bridgehead atoms. The second-order valence-electron chi connectivity index (χ2n) is 4.37. The van der Waals surface area contributed by atoms with Crippen LogP contribution in [0.3, 0.4) is 0 Å². The minimum Gasteiger partial charge on any atom is -0.335 e. The number of imidazole rings is 1. The Labute approximate surface area is 96.1 Å². The maximum Gasteiger partial charge on any atom is 0.144 e. The molecule has 1 aliphatic rings. The number of aryl methyl sites for hydroxylation is 1. The molecule has 88 valence electrons. The lowest BCUT2D eigenvalue weighted by Gasteiger charge is -2.08. The smallest absolute Gasteiger partial charge is 0.144 e. The van der Waals surface area contributed by atoms with E-state index in [1.165, 1.54) is 0 Å². The molecule has 1 unspecified atom stereocenters. The third-order valence-electron chi connectivity index (χ3n) is 3.11. The number of carbonyl (C=O) groups excluding carboxylic acids is 1. The summed E-state index contributed by atoms with van der Waals surface area (Å²) in [6.45, 7) is 4.89. The van der Waals surface area contributed by atoms with Crippen molar-refractivity contribution in [1.82, 2.24) is 14.9 Å². The molecule has 16 heavy (non-hydrogen) atoms. The van der Waals surface area contributed by atoms with Crippen molar-refractivity contribution in [3.8, 4) is 0 Å². The lowest BCUT2D eigenvalue weighted by Crippen LogP contribution is -2.21.